The van der Waals surface area contributed by atoms with Crippen molar-refractivity contribution in [2.24, 2.45) is 0 Å². The largest absolute Gasteiger partial charge is 0.497 e. The molecular weight excluding hydrogens is 400 g/mol. The second-order valence-electron chi connectivity index (χ2n) is 7.46. The van der Waals surface area contributed by atoms with Gasteiger partial charge in [-0.3, -0.25) is 9.59 Å². The van der Waals surface area contributed by atoms with Crippen molar-refractivity contribution < 1.29 is 28.5 Å². The van der Waals surface area contributed by atoms with Crippen LogP contribution in [0.4, 0.5) is 0 Å². The molecule has 0 N–H and O–H groups in total. The van der Waals surface area contributed by atoms with Crippen LogP contribution >= 0.6 is 0 Å². The Kier molecular flexibility index (Phi) is 6.16. The fourth-order valence-electron chi connectivity index (χ4n) is 3.78. The summed E-state index contributed by atoms with van der Waals surface area (Å²) in [5, 5.41) is 0. The molecule has 2 aromatic rings. The van der Waals surface area contributed by atoms with E-state index in [1.165, 1.54) is 0 Å². The van der Waals surface area contributed by atoms with Crippen molar-refractivity contribution in [2.45, 2.75) is 12.8 Å². The number of fused-ring (bicyclic) bond motifs is 1. The quantitative estimate of drug-likeness (QED) is 0.706. The lowest BCUT2D eigenvalue weighted by molar-refractivity contribution is -0.132. The van der Waals surface area contributed by atoms with Crippen molar-refractivity contribution >= 4 is 11.8 Å². The Labute approximate surface area is 181 Å². The Balaban J connectivity index is 1.30. The van der Waals surface area contributed by atoms with E-state index in [-0.39, 0.29) is 18.6 Å². The van der Waals surface area contributed by atoms with Crippen LogP contribution in [-0.4, -0.2) is 68.8 Å². The van der Waals surface area contributed by atoms with Gasteiger partial charge in [0.15, 0.2) is 11.5 Å². The third kappa shape index (κ3) is 4.68. The molecule has 2 amide bonds. The predicted octanol–water partition coefficient (Wildman–Crippen LogP) is 2.35. The molecule has 2 aliphatic rings. The molecule has 2 aliphatic heterocycles. The first-order chi connectivity index (χ1) is 15.1. The number of piperazine rings is 1. The highest BCUT2D eigenvalue weighted by molar-refractivity contribution is 5.95. The molecule has 2 heterocycles. The third-order valence-electron chi connectivity index (χ3n) is 5.58. The second kappa shape index (κ2) is 9.16. The number of ether oxygens (including phenoxy) is 4. The maximum Gasteiger partial charge on any atom is 0.254 e. The van der Waals surface area contributed by atoms with Crippen LogP contribution in [0.25, 0.3) is 0 Å². The van der Waals surface area contributed by atoms with Gasteiger partial charge in [-0.05, 0) is 36.2 Å². The standard InChI is InChI=1S/C23H26N2O6/c1-28-18-12-17(13-19(14-18)29-2)23(27)25-9-7-24(8-10-25)22(26)6-4-16-3-5-20-21(11-16)31-15-30-20/h3,5,11-14H,4,6-10,15H2,1-2H3. The number of aryl methyl sites for hydroxylation is 1. The SMILES string of the molecule is COc1cc(OC)cc(C(=O)N2CCN(C(=O)CCc3ccc4c(c3)OCO4)CC2)c1. The summed E-state index contributed by atoms with van der Waals surface area (Å²) in [6.45, 7) is 2.27. The van der Waals surface area contributed by atoms with Crippen molar-refractivity contribution in [3.63, 3.8) is 0 Å². The molecule has 1 fully saturated rings. The van der Waals surface area contributed by atoms with Gasteiger partial charge in [0, 0.05) is 44.2 Å². The highest BCUT2D eigenvalue weighted by atomic mass is 16.7. The van der Waals surface area contributed by atoms with E-state index in [9.17, 15) is 9.59 Å². The maximum atomic E-state index is 12.9. The average Bonchev–Trinajstić information content (AvgIpc) is 3.29. The summed E-state index contributed by atoms with van der Waals surface area (Å²) in [6, 6.07) is 10.9. The maximum absolute atomic E-state index is 12.9. The van der Waals surface area contributed by atoms with Crippen molar-refractivity contribution in [3.8, 4) is 23.0 Å². The van der Waals surface area contributed by atoms with Gasteiger partial charge in [0.05, 0.1) is 14.2 Å². The van der Waals surface area contributed by atoms with Crippen LogP contribution in [-0.2, 0) is 11.2 Å². The molecule has 4 rings (SSSR count). The summed E-state index contributed by atoms with van der Waals surface area (Å²) in [5.74, 6) is 2.60. The van der Waals surface area contributed by atoms with E-state index in [2.05, 4.69) is 0 Å². The number of hydrogen-bond donors (Lipinski definition) is 0. The molecule has 0 aliphatic carbocycles. The number of carbonyl (C=O) groups excluding carboxylic acids is 2. The van der Waals surface area contributed by atoms with Gasteiger partial charge in [-0.15, -0.1) is 0 Å². The molecule has 0 spiro atoms. The molecule has 8 heteroatoms. The predicted molar refractivity (Wildman–Crippen MR) is 113 cm³/mol. The summed E-state index contributed by atoms with van der Waals surface area (Å²) in [6.07, 6.45) is 1.05. The Bertz CT molecular complexity index is 946. The molecule has 31 heavy (non-hydrogen) atoms. The molecule has 0 aromatic heterocycles. The van der Waals surface area contributed by atoms with Crippen LogP contribution in [0, 0.1) is 0 Å². The molecule has 0 radical (unpaired) electrons. The smallest absolute Gasteiger partial charge is 0.254 e. The Morgan fingerprint density at radius 3 is 2.19 bits per heavy atom. The highest BCUT2D eigenvalue weighted by Crippen LogP contribution is 2.32. The van der Waals surface area contributed by atoms with E-state index < -0.39 is 0 Å². The fraction of sp³-hybridized carbons (Fsp3) is 0.391. The van der Waals surface area contributed by atoms with E-state index in [0.29, 0.717) is 56.1 Å². The van der Waals surface area contributed by atoms with Crippen molar-refractivity contribution in [1.29, 1.82) is 0 Å². The van der Waals surface area contributed by atoms with Crippen LogP contribution in [0.2, 0.25) is 0 Å². The van der Waals surface area contributed by atoms with Crippen molar-refractivity contribution in [1.82, 2.24) is 9.80 Å². The Hall–Kier alpha value is -3.42. The molecule has 0 atom stereocenters. The zero-order valence-electron chi connectivity index (χ0n) is 17.8. The van der Waals surface area contributed by atoms with Crippen LogP contribution in [0.5, 0.6) is 23.0 Å². The topological polar surface area (TPSA) is 77.5 Å². The number of hydrogen-bond acceptors (Lipinski definition) is 6. The molecule has 8 nitrogen and oxygen atoms in total. The number of methoxy groups -OCH3 is 2. The van der Waals surface area contributed by atoms with E-state index >= 15 is 0 Å². The third-order valence-corrected chi connectivity index (χ3v) is 5.58. The first-order valence-electron chi connectivity index (χ1n) is 10.3. The van der Waals surface area contributed by atoms with Gasteiger partial charge in [-0.2, -0.15) is 0 Å². The van der Waals surface area contributed by atoms with Crippen LogP contribution < -0.4 is 18.9 Å². The molecule has 2 aromatic carbocycles. The zero-order valence-corrected chi connectivity index (χ0v) is 17.8. The molecule has 164 valence electrons. The zero-order chi connectivity index (χ0) is 21.8. The molecular formula is C23H26N2O6. The minimum absolute atomic E-state index is 0.0906. The van der Waals surface area contributed by atoms with Crippen molar-refractivity contribution in [2.75, 3.05) is 47.2 Å². The van der Waals surface area contributed by atoms with E-state index in [4.69, 9.17) is 18.9 Å². The number of rotatable bonds is 6. The van der Waals surface area contributed by atoms with Gasteiger partial charge in [-0.1, -0.05) is 6.07 Å². The summed E-state index contributed by atoms with van der Waals surface area (Å²) >= 11 is 0. The van der Waals surface area contributed by atoms with Crippen LogP contribution in [0.1, 0.15) is 22.3 Å². The Morgan fingerprint density at radius 2 is 1.52 bits per heavy atom. The van der Waals surface area contributed by atoms with Gasteiger partial charge in [0.25, 0.3) is 5.91 Å². The van der Waals surface area contributed by atoms with Gasteiger partial charge in [0.2, 0.25) is 12.7 Å². The lowest BCUT2D eigenvalue weighted by atomic mass is 10.1. The van der Waals surface area contributed by atoms with Crippen LogP contribution in [0.3, 0.4) is 0 Å². The van der Waals surface area contributed by atoms with Gasteiger partial charge in [0.1, 0.15) is 11.5 Å². The minimum atomic E-state index is -0.0929. The second-order valence-corrected chi connectivity index (χ2v) is 7.46. The first kappa shape index (κ1) is 20.8. The normalized spacial score (nSPS) is 15.0. The van der Waals surface area contributed by atoms with Gasteiger partial charge in [-0.25, -0.2) is 0 Å². The van der Waals surface area contributed by atoms with Crippen LogP contribution in [0.15, 0.2) is 36.4 Å². The summed E-state index contributed by atoms with van der Waals surface area (Å²) in [5.41, 5.74) is 1.55. The number of amides is 2. The average molecular weight is 426 g/mol. The lowest BCUT2D eigenvalue weighted by Gasteiger charge is -2.35. The highest BCUT2D eigenvalue weighted by Gasteiger charge is 2.25. The number of benzene rings is 2. The first-order valence-corrected chi connectivity index (χ1v) is 10.3. The van der Waals surface area contributed by atoms with E-state index in [1.54, 1.807) is 37.3 Å². The van der Waals surface area contributed by atoms with E-state index in [0.717, 1.165) is 17.1 Å². The van der Waals surface area contributed by atoms with Gasteiger partial charge >= 0.3 is 0 Å². The van der Waals surface area contributed by atoms with Crippen molar-refractivity contribution in [3.05, 3.63) is 47.5 Å². The summed E-state index contributed by atoms with van der Waals surface area (Å²) in [4.78, 5) is 29.1. The number of nitrogens with zero attached hydrogens (tertiary/aromatic N) is 2. The number of carbonyl (C=O) groups is 2. The summed E-state index contributed by atoms with van der Waals surface area (Å²) < 4.78 is 21.2. The molecule has 0 unspecified atom stereocenters. The summed E-state index contributed by atoms with van der Waals surface area (Å²) in [7, 11) is 3.11. The molecule has 1 saturated heterocycles. The Morgan fingerprint density at radius 1 is 0.871 bits per heavy atom. The fourth-order valence-corrected chi connectivity index (χ4v) is 3.78. The minimum Gasteiger partial charge on any atom is -0.497 e. The molecule has 0 saturated carbocycles. The van der Waals surface area contributed by atoms with Gasteiger partial charge < -0.3 is 28.7 Å². The molecule has 0 bridgehead atoms. The lowest BCUT2D eigenvalue weighted by Crippen LogP contribution is -2.50. The monoisotopic (exact) mass is 426 g/mol. The van der Waals surface area contributed by atoms with E-state index in [1.807, 2.05) is 23.1 Å².